The van der Waals surface area contributed by atoms with Crippen LogP contribution in [0, 0.1) is 11.8 Å². The fourth-order valence-corrected chi connectivity index (χ4v) is 3.16. The summed E-state index contributed by atoms with van der Waals surface area (Å²) in [6.45, 7) is 2.91. The average molecular weight is 344 g/mol. The Morgan fingerprint density at radius 2 is 2.00 bits per heavy atom. The highest BCUT2D eigenvalue weighted by Gasteiger charge is 2.31. The first kappa shape index (κ1) is 17.1. The number of nitrogens with zero attached hydrogens (tertiary/aromatic N) is 1. The lowest BCUT2D eigenvalue weighted by molar-refractivity contribution is -0.146. The number of aliphatic carboxylic acids is 1. The van der Waals surface area contributed by atoms with Crippen molar-refractivity contribution >= 4 is 35.1 Å². The summed E-state index contributed by atoms with van der Waals surface area (Å²) in [5.41, 5.74) is 0.947. The topological polar surface area (TPSA) is 57.6 Å². The van der Waals surface area contributed by atoms with E-state index in [0.717, 1.165) is 5.56 Å². The monoisotopic (exact) mass is 343 g/mol. The molecule has 120 valence electrons. The number of carbonyl (C=O) groups excluding carboxylic acids is 1. The number of piperidine rings is 1. The molecule has 22 heavy (non-hydrogen) atoms. The van der Waals surface area contributed by atoms with Crippen molar-refractivity contribution in [2.24, 2.45) is 11.8 Å². The molecule has 4 nitrogen and oxygen atoms in total. The second-order valence-electron chi connectivity index (χ2n) is 5.92. The molecule has 0 aliphatic carbocycles. The zero-order valence-electron chi connectivity index (χ0n) is 12.4. The van der Waals surface area contributed by atoms with E-state index in [2.05, 4.69) is 0 Å². The van der Waals surface area contributed by atoms with Gasteiger partial charge in [-0.2, -0.15) is 0 Å². The van der Waals surface area contributed by atoms with Crippen LogP contribution in [0.25, 0.3) is 0 Å². The number of halogens is 2. The van der Waals surface area contributed by atoms with Crippen LogP contribution in [0.1, 0.15) is 25.3 Å². The molecule has 1 aliphatic heterocycles. The Morgan fingerprint density at radius 3 is 2.64 bits per heavy atom. The lowest BCUT2D eigenvalue weighted by Crippen LogP contribution is -2.45. The predicted octanol–water partition coefficient (Wildman–Crippen LogP) is 3.50. The van der Waals surface area contributed by atoms with Gasteiger partial charge in [0.05, 0.1) is 16.0 Å². The van der Waals surface area contributed by atoms with Crippen molar-refractivity contribution in [1.29, 1.82) is 0 Å². The molecule has 2 atom stereocenters. The zero-order valence-corrected chi connectivity index (χ0v) is 13.9. The van der Waals surface area contributed by atoms with E-state index >= 15 is 0 Å². The minimum atomic E-state index is -0.825. The van der Waals surface area contributed by atoms with Gasteiger partial charge in [-0.25, -0.2) is 0 Å². The van der Waals surface area contributed by atoms with Crippen LogP contribution in [-0.4, -0.2) is 35.0 Å². The predicted molar refractivity (Wildman–Crippen MR) is 86.3 cm³/mol. The summed E-state index contributed by atoms with van der Waals surface area (Å²) < 4.78 is 0. The van der Waals surface area contributed by atoms with Crippen molar-refractivity contribution in [1.82, 2.24) is 4.90 Å². The quantitative estimate of drug-likeness (QED) is 0.910. The van der Waals surface area contributed by atoms with Crippen molar-refractivity contribution in [3.05, 3.63) is 33.8 Å². The molecule has 0 radical (unpaired) electrons. The maximum absolute atomic E-state index is 12.3. The molecule has 0 spiro atoms. The summed E-state index contributed by atoms with van der Waals surface area (Å²) in [5.74, 6) is -1.08. The van der Waals surface area contributed by atoms with Gasteiger partial charge in [0.1, 0.15) is 0 Å². The Balaban J connectivity index is 1.93. The van der Waals surface area contributed by atoms with E-state index in [0.29, 0.717) is 42.4 Å². The summed E-state index contributed by atoms with van der Waals surface area (Å²) in [7, 11) is 0. The third-order valence-corrected chi connectivity index (χ3v) is 4.71. The first-order valence-corrected chi connectivity index (χ1v) is 8.07. The van der Waals surface area contributed by atoms with E-state index in [-0.39, 0.29) is 11.8 Å². The molecule has 1 heterocycles. The summed E-state index contributed by atoms with van der Waals surface area (Å²) >= 11 is 11.8. The van der Waals surface area contributed by atoms with Gasteiger partial charge in [-0.05, 0) is 36.5 Å². The smallest absolute Gasteiger partial charge is 0.308 e. The van der Waals surface area contributed by atoms with Crippen LogP contribution >= 0.6 is 23.2 Å². The van der Waals surface area contributed by atoms with E-state index in [1.165, 1.54) is 0 Å². The number of rotatable bonds is 4. The standard InChI is InChI=1S/C16H19Cl2NO3/c1-10-6-12(16(21)22)9-19(8-10)15(20)5-3-11-2-4-13(17)14(18)7-11/h2,4,7,10,12H,3,5-6,8-9H2,1H3,(H,21,22). The third kappa shape index (κ3) is 4.37. The van der Waals surface area contributed by atoms with Crippen LogP contribution in [0.5, 0.6) is 0 Å². The highest BCUT2D eigenvalue weighted by atomic mass is 35.5. The second kappa shape index (κ2) is 7.34. The summed E-state index contributed by atoms with van der Waals surface area (Å²) in [6, 6.07) is 5.32. The summed E-state index contributed by atoms with van der Waals surface area (Å²) in [6.07, 6.45) is 1.54. The molecule has 1 aromatic carbocycles. The number of hydrogen-bond acceptors (Lipinski definition) is 2. The molecule has 2 unspecified atom stereocenters. The van der Waals surface area contributed by atoms with E-state index in [1.54, 1.807) is 17.0 Å². The van der Waals surface area contributed by atoms with E-state index < -0.39 is 11.9 Å². The third-order valence-electron chi connectivity index (χ3n) is 3.97. The number of aryl methyl sites for hydroxylation is 1. The van der Waals surface area contributed by atoms with Gasteiger partial charge in [0, 0.05) is 19.5 Å². The molecule has 0 aromatic heterocycles. The number of carboxylic acids is 1. The highest BCUT2D eigenvalue weighted by molar-refractivity contribution is 6.42. The minimum absolute atomic E-state index is 0.0103. The minimum Gasteiger partial charge on any atom is -0.481 e. The number of likely N-dealkylation sites (tertiary alicyclic amines) is 1. The second-order valence-corrected chi connectivity index (χ2v) is 6.74. The Morgan fingerprint density at radius 1 is 1.27 bits per heavy atom. The van der Waals surface area contributed by atoms with Gasteiger partial charge in [0.15, 0.2) is 0 Å². The molecular formula is C16H19Cl2NO3. The van der Waals surface area contributed by atoms with Crippen molar-refractivity contribution < 1.29 is 14.7 Å². The van der Waals surface area contributed by atoms with Crippen molar-refractivity contribution in [2.75, 3.05) is 13.1 Å². The van der Waals surface area contributed by atoms with Gasteiger partial charge >= 0.3 is 5.97 Å². The lowest BCUT2D eigenvalue weighted by atomic mass is 9.90. The average Bonchev–Trinajstić information content (AvgIpc) is 2.47. The van der Waals surface area contributed by atoms with Gasteiger partial charge in [-0.15, -0.1) is 0 Å². The van der Waals surface area contributed by atoms with Crippen LogP contribution in [0.15, 0.2) is 18.2 Å². The SMILES string of the molecule is CC1CC(C(=O)O)CN(C(=O)CCc2ccc(Cl)c(Cl)c2)C1. The first-order valence-electron chi connectivity index (χ1n) is 7.31. The lowest BCUT2D eigenvalue weighted by Gasteiger charge is -2.34. The van der Waals surface area contributed by atoms with Crippen LogP contribution in [-0.2, 0) is 16.0 Å². The van der Waals surface area contributed by atoms with Gasteiger partial charge in [-0.1, -0.05) is 36.2 Å². The number of hydrogen-bond donors (Lipinski definition) is 1. The zero-order chi connectivity index (χ0) is 16.3. The fourth-order valence-electron chi connectivity index (χ4n) is 2.84. The molecule has 1 fully saturated rings. The molecule has 0 saturated carbocycles. The van der Waals surface area contributed by atoms with Crippen molar-refractivity contribution in [2.45, 2.75) is 26.2 Å². The normalized spacial score (nSPS) is 21.7. The molecule has 1 aliphatic rings. The van der Waals surface area contributed by atoms with Crippen molar-refractivity contribution in [3.63, 3.8) is 0 Å². The van der Waals surface area contributed by atoms with Crippen molar-refractivity contribution in [3.8, 4) is 0 Å². The molecule has 1 N–H and O–H groups in total. The Labute approximate surface area is 140 Å². The van der Waals surface area contributed by atoms with Gasteiger partial charge in [-0.3, -0.25) is 9.59 Å². The van der Waals surface area contributed by atoms with Crippen LogP contribution < -0.4 is 0 Å². The molecular weight excluding hydrogens is 325 g/mol. The largest absolute Gasteiger partial charge is 0.481 e. The Kier molecular flexibility index (Phi) is 5.70. The maximum atomic E-state index is 12.3. The molecule has 6 heteroatoms. The summed E-state index contributed by atoms with van der Waals surface area (Å²) in [4.78, 5) is 25.1. The number of amides is 1. The maximum Gasteiger partial charge on any atom is 0.308 e. The van der Waals surface area contributed by atoms with E-state index in [9.17, 15) is 9.59 Å². The van der Waals surface area contributed by atoms with Gasteiger partial charge in [0.25, 0.3) is 0 Å². The van der Waals surface area contributed by atoms with Crippen LogP contribution in [0.3, 0.4) is 0 Å². The number of carboxylic acid groups (broad SMARTS) is 1. The molecule has 0 bridgehead atoms. The number of carbonyl (C=O) groups is 2. The molecule has 1 amide bonds. The van der Waals surface area contributed by atoms with Crippen LogP contribution in [0.4, 0.5) is 0 Å². The fraction of sp³-hybridized carbons (Fsp3) is 0.500. The highest BCUT2D eigenvalue weighted by Crippen LogP contribution is 2.25. The first-order chi connectivity index (χ1) is 10.4. The molecule has 2 rings (SSSR count). The molecule has 1 aromatic rings. The Bertz CT molecular complexity index is 577. The van der Waals surface area contributed by atoms with E-state index in [4.69, 9.17) is 28.3 Å². The molecule has 1 saturated heterocycles. The van der Waals surface area contributed by atoms with Gasteiger partial charge < -0.3 is 10.0 Å². The Hall–Kier alpha value is -1.26. The van der Waals surface area contributed by atoms with Gasteiger partial charge in [0.2, 0.25) is 5.91 Å². The van der Waals surface area contributed by atoms with E-state index in [1.807, 2.05) is 13.0 Å². The van der Waals surface area contributed by atoms with Crippen LogP contribution in [0.2, 0.25) is 10.0 Å². The summed E-state index contributed by atoms with van der Waals surface area (Å²) in [5, 5.41) is 10.1. The number of benzene rings is 1.